The molecule has 0 heterocycles. The summed E-state index contributed by atoms with van der Waals surface area (Å²) >= 11 is 1.85. The van der Waals surface area contributed by atoms with E-state index in [-0.39, 0.29) is 5.84 Å². The van der Waals surface area contributed by atoms with E-state index in [1.54, 1.807) is 0 Å². The van der Waals surface area contributed by atoms with Crippen LogP contribution in [0.25, 0.3) is 0 Å². The zero-order valence-electron chi connectivity index (χ0n) is 9.41. The van der Waals surface area contributed by atoms with Gasteiger partial charge in [0.05, 0.1) is 0 Å². The van der Waals surface area contributed by atoms with Crippen molar-refractivity contribution in [1.29, 1.82) is 5.41 Å². The summed E-state index contributed by atoms with van der Waals surface area (Å²) in [6.45, 7) is 0. The van der Waals surface area contributed by atoms with Gasteiger partial charge in [0.25, 0.3) is 0 Å². The average molecular weight is 234 g/mol. The second kappa shape index (κ2) is 5.39. The fourth-order valence-corrected chi connectivity index (χ4v) is 3.46. The van der Waals surface area contributed by atoms with E-state index in [0.717, 1.165) is 16.4 Å². The van der Waals surface area contributed by atoms with Gasteiger partial charge in [-0.3, -0.25) is 5.41 Å². The van der Waals surface area contributed by atoms with Crippen molar-refractivity contribution in [1.82, 2.24) is 0 Å². The smallest absolute Gasteiger partial charge is 0.123 e. The highest BCUT2D eigenvalue weighted by atomic mass is 32.2. The molecule has 0 bridgehead atoms. The van der Waals surface area contributed by atoms with Crippen molar-refractivity contribution in [3.8, 4) is 0 Å². The average Bonchev–Trinajstić information content (AvgIpc) is 2.79. The Morgan fingerprint density at radius 1 is 1.31 bits per heavy atom. The molecule has 0 unspecified atom stereocenters. The number of rotatable bonds is 4. The lowest BCUT2D eigenvalue weighted by Crippen LogP contribution is -2.12. The summed E-state index contributed by atoms with van der Waals surface area (Å²) in [4.78, 5) is 1.15. The third-order valence-electron chi connectivity index (χ3n) is 3.13. The molecule has 1 fully saturated rings. The quantitative estimate of drug-likeness (QED) is 0.477. The fourth-order valence-electron chi connectivity index (χ4n) is 2.20. The Labute approximate surface area is 101 Å². The van der Waals surface area contributed by atoms with Gasteiger partial charge in [0.2, 0.25) is 0 Å². The van der Waals surface area contributed by atoms with Crippen molar-refractivity contribution < 1.29 is 0 Å². The lowest BCUT2D eigenvalue weighted by atomic mass is 10.1. The standard InChI is InChI=1S/C13H18N2S/c14-13(15)11-7-3-4-8-12(11)16-9-10-5-1-2-6-10/h3-4,7-8,10H,1-2,5-6,9H2,(H3,14,15). The fraction of sp³-hybridized carbons (Fsp3) is 0.462. The van der Waals surface area contributed by atoms with E-state index in [2.05, 4.69) is 6.07 Å². The summed E-state index contributed by atoms with van der Waals surface area (Å²) < 4.78 is 0. The van der Waals surface area contributed by atoms with E-state index < -0.39 is 0 Å². The van der Waals surface area contributed by atoms with Crippen LogP contribution in [0.3, 0.4) is 0 Å². The third-order valence-corrected chi connectivity index (χ3v) is 4.43. The summed E-state index contributed by atoms with van der Waals surface area (Å²) in [6, 6.07) is 7.95. The zero-order chi connectivity index (χ0) is 11.4. The Hall–Kier alpha value is -0.960. The highest BCUT2D eigenvalue weighted by molar-refractivity contribution is 7.99. The Kier molecular flexibility index (Phi) is 3.88. The van der Waals surface area contributed by atoms with Crippen LogP contribution in [0.15, 0.2) is 29.2 Å². The van der Waals surface area contributed by atoms with Gasteiger partial charge in [0, 0.05) is 16.2 Å². The SMILES string of the molecule is N=C(N)c1ccccc1SCC1CCCC1. The van der Waals surface area contributed by atoms with Crippen molar-refractivity contribution in [3.63, 3.8) is 0 Å². The van der Waals surface area contributed by atoms with Gasteiger partial charge in [-0.05, 0) is 24.8 Å². The molecule has 1 saturated carbocycles. The maximum Gasteiger partial charge on any atom is 0.123 e. The van der Waals surface area contributed by atoms with Crippen LogP contribution in [-0.2, 0) is 0 Å². The molecule has 1 aromatic carbocycles. The normalized spacial score (nSPS) is 16.5. The zero-order valence-corrected chi connectivity index (χ0v) is 10.2. The first-order valence-electron chi connectivity index (χ1n) is 5.83. The van der Waals surface area contributed by atoms with Gasteiger partial charge in [0.1, 0.15) is 5.84 Å². The predicted molar refractivity (Wildman–Crippen MR) is 70.1 cm³/mol. The largest absolute Gasteiger partial charge is 0.384 e. The van der Waals surface area contributed by atoms with Crippen LogP contribution in [-0.4, -0.2) is 11.6 Å². The molecule has 3 N–H and O–H groups in total. The van der Waals surface area contributed by atoms with Crippen LogP contribution in [0, 0.1) is 11.3 Å². The van der Waals surface area contributed by atoms with E-state index in [0.29, 0.717) is 0 Å². The van der Waals surface area contributed by atoms with Gasteiger partial charge in [-0.2, -0.15) is 0 Å². The number of thioether (sulfide) groups is 1. The molecule has 86 valence electrons. The predicted octanol–water partition coefficient (Wildman–Crippen LogP) is 3.25. The minimum atomic E-state index is 0.175. The van der Waals surface area contributed by atoms with Crippen molar-refractivity contribution >= 4 is 17.6 Å². The van der Waals surface area contributed by atoms with Gasteiger partial charge in [-0.25, -0.2) is 0 Å². The molecule has 1 aliphatic carbocycles. The van der Waals surface area contributed by atoms with Crippen LogP contribution < -0.4 is 5.73 Å². The lowest BCUT2D eigenvalue weighted by molar-refractivity contribution is 0.623. The molecule has 0 spiro atoms. The van der Waals surface area contributed by atoms with E-state index in [9.17, 15) is 0 Å². The number of nitrogens with one attached hydrogen (secondary N) is 1. The number of nitrogen functional groups attached to an aromatic ring is 1. The van der Waals surface area contributed by atoms with Gasteiger partial charge in [-0.15, -0.1) is 11.8 Å². The minimum Gasteiger partial charge on any atom is -0.384 e. The molecule has 0 aliphatic heterocycles. The topological polar surface area (TPSA) is 49.9 Å². The van der Waals surface area contributed by atoms with Crippen molar-refractivity contribution in [2.75, 3.05) is 5.75 Å². The molecule has 3 heteroatoms. The first-order chi connectivity index (χ1) is 7.77. The molecule has 0 radical (unpaired) electrons. The lowest BCUT2D eigenvalue weighted by Gasteiger charge is -2.11. The second-order valence-electron chi connectivity index (χ2n) is 4.37. The van der Waals surface area contributed by atoms with E-state index in [1.807, 2.05) is 30.0 Å². The van der Waals surface area contributed by atoms with Crippen LogP contribution in [0.1, 0.15) is 31.2 Å². The van der Waals surface area contributed by atoms with E-state index in [1.165, 1.54) is 31.4 Å². The first kappa shape index (κ1) is 11.5. The van der Waals surface area contributed by atoms with Gasteiger partial charge in [-0.1, -0.05) is 31.0 Å². The molecular weight excluding hydrogens is 216 g/mol. The number of hydrogen-bond donors (Lipinski definition) is 2. The Morgan fingerprint density at radius 2 is 2.00 bits per heavy atom. The van der Waals surface area contributed by atoms with Gasteiger partial charge < -0.3 is 5.73 Å². The molecule has 0 amide bonds. The Bertz CT molecular complexity index is 370. The first-order valence-corrected chi connectivity index (χ1v) is 6.82. The van der Waals surface area contributed by atoms with Crippen molar-refractivity contribution in [2.45, 2.75) is 30.6 Å². The molecule has 2 rings (SSSR count). The summed E-state index contributed by atoms with van der Waals surface area (Å²) in [5.41, 5.74) is 6.45. The molecule has 2 nitrogen and oxygen atoms in total. The summed E-state index contributed by atoms with van der Waals surface area (Å²) in [7, 11) is 0. The molecule has 0 saturated heterocycles. The molecule has 16 heavy (non-hydrogen) atoms. The van der Waals surface area contributed by atoms with Crippen LogP contribution >= 0.6 is 11.8 Å². The summed E-state index contributed by atoms with van der Waals surface area (Å²) in [6.07, 6.45) is 5.52. The molecule has 0 atom stereocenters. The number of hydrogen-bond acceptors (Lipinski definition) is 2. The molecule has 1 aromatic rings. The molecule has 0 aromatic heterocycles. The van der Waals surface area contributed by atoms with Crippen LogP contribution in [0.5, 0.6) is 0 Å². The highest BCUT2D eigenvalue weighted by Gasteiger charge is 2.15. The summed E-state index contributed by atoms with van der Waals surface area (Å²) in [5, 5.41) is 7.53. The van der Waals surface area contributed by atoms with E-state index >= 15 is 0 Å². The number of amidine groups is 1. The second-order valence-corrected chi connectivity index (χ2v) is 5.43. The van der Waals surface area contributed by atoms with E-state index in [4.69, 9.17) is 11.1 Å². The van der Waals surface area contributed by atoms with Crippen molar-refractivity contribution in [2.24, 2.45) is 11.7 Å². The Morgan fingerprint density at radius 3 is 2.69 bits per heavy atom. The Balaban J connectivity index is 2.00. The van der Waals surface area contributed by atoms with Crippen LogP contribution in [0.4, 0.5) is 0 Å². The highest BCUT2D eigenvalue weighted by Crippen LogP contribution is 2.32. The molecular formula is C13H18N2S. The van der Waals surface area contributed by atoms with Gasteiger partial charge in [0.15, 0.2) is 0 Å². The van der Waals surface area contributed by atoms with Crippen LogP contribution in [0.2, 0.25) is 0 Å². The molecule has 1 aliphatic rings. The monoisotopic (exact) mass is 234 g/mol. The minimum absolute atomic E-state index is 0.175. The summed E-state index contributed by atoms with van der Waals surface area (Å²) in [5.74, 6) is 2.21. The van der Waals surface area contributed by atoms with Gasteiger partial charge >= 0.3 is 0 Å². The number of benzene rings is 1. The van der Waals surface area contributed by atoms with Crippen molar-refractivity contribution in [3.05, 3.63) is 29.8 Å². The maximum absolute atomic E-state index is 7.53. The third kappa shape index (κ3) is 2.79. The number of nitrogens with two attached hydrogens (primary N) is 1. The maximum atomic E-state index is 7.53.